The predicted octanol–water partition coefficient (Wildman–Crippen LogP) is 0.142. The van der Waals surface area contributed by atoms with Gasteiger partial charge in [0.15, 0.2) is 0 Å². The number of nitrogens with one attached hydrogen (secondary N) is 2. The molecular formula is C12H25N3O2S. The van der Waals surface area contributed by atoms with Gasteiger partial charge < -0.3 is 5.32 Å². The van der Waals surface area contributed by atoms with Gasteiger partial charge in [-0.05, 0) is 58.8 Å². The highest BCUT2D eigenvalue weighted by Crippen LogP contribution is 2.14. The molecule has 18 heavy (non-hydrogen) atoms. The van der Waals surface area contributed by atoms with Gasteiger partial charge in [0.25, 0.3) is 0 Å². The Kier molecular flexibility index (Phi) is 5.00. The van der Waals surface area contributed by atoms with Gasteiger partial charge in [0, 0.05) is 12.6 Å². The van der Waals surface area contributed by atoms with Crippen LogP contribution in [0.2, 0.25) is 0 Å². The van der Waals surface area contributed by atoms with Crippen molar-refractivity contribution >= 4 is 10.0 Å². The summed E-state index contributed by atoms with van der Waals surface area (Å²) in [5.41, 5.74) is 0. The summed E-state index contributed by atoms with van der Waals surface area (Å²) in [5.74, 6) is 0. The van der Waals surface area contributed by atoms with E-state index in [0.29, 0.717) is 12.6 Å². The van der Waals surface area contributed by atoms with Crippen LogP contribution in [0.3, 0.4) is 0 Å². The first kappa shape index (κ1) is 14.2. The molecule has 2 N–H and O–H groups in total. The van der Waals surface area contributed by atoms with Gasteiger partial charge in [-0.25, -0.2) is 13.1 Å². The molecule has 0 aromatic rings. The van der Waals surface area contributed by atoms with Gasteiger partial charge >= 0.3 is 0 Å². The summed E-state index contributed by atoms with van der Waals surface area (Å²) < 4.78 is 27.1. The molecule has 2 fully saturated rings. The molecule has 2 heterocycles. The van der Waals surface area contributed by atoms with E-state index in [1.54, 1.807) is 0 Å². The molecular weight excluding hydrogens is 250 g/mol. The quantitative estimate of drug-likeness (QED) is 0.749. The minimum Gasteiger partial charge on any atom is -0.317 e. The van der Waals surface area contributed by atoms with Crippen LogP contribution in [0.25, 0.3) is 0 Å². The summed E-state index contributed by atoms with van der Waals surface area (Å²) >= 11 is 0. The maximum absolute atomic E-state index is 12.1. The fourth-order valence-electron chi connectivity index (χ4n) is 2.77. The highest BCUT2D eigenvalue weighted by Gasteiger charge is 2.28. The number of piperidine rings is 1. The molecule has 0 aromatic heterocycles. The Morgan fingerprint density at radius 2 is 1.89 bits per heavy atom. The number of rotatable bonds is 5. The summed E-state index contributed by atoms with van der Waals surface area (Å²) in [6.07, 6.45) is 3.94. The van der Waals surface area contributed by atoms with Crippen LogP contribution in [0.15, 0.2) is 0 Å². The van der Waals surface area contributed by atoms with Crippen molar-refractivity contribution in [3.63, 3.8) is 0 Å². The third-order valence-electron chi connectivity index (χ3n) is 4.07. The molecule has 2 aliphatic heterocycles. The smallest absolute Gasteiger partial charge is 0.214 e. The van der Waals surface area contributed by atoms with Crippen molar-refractivity contribution in [2.24, 2.45) is 0 Å². The molecule has 2 rings (SSSR count). The van der Waals surface area contributed by atoms with E-state index >= 15 is 0 Å². The molecule has 1 unspecified atom stereocenters. The van der Waals surface area contributed by atoms with Crippen molar-refractivity contribution in [2.45, 2.75) is 43.9 Å². The maximum atomic E-state index is 12.1. The van der Waals surface area contributed by atoms with Crippen LogP contribution < -0.4 is 10.0 Å². The fourth-order valence-corrected chi connectivity index (χ4v) is 4.34. The first-order chi connectivity index (χ1) is 8.59. The van der Waals surface area contributed by atoms with Gasteiger partial charge in [0.1, 0.15) is 0 Å². The number of likely N-dealkylation sites (tertiary alicyclic amines) is 1. The minimum atomic E-state index is -3.12. The minimum absolute atomic E-state index is 0.204. The molecule has 0 spiro atoms. The molecule has 0 aromatic carbocycles. The lowest BCUT2D eigenvalue weighted by Gasteiger charge is -2.27. The second kappa shape index (κ2) is 6.32. The van der Waals surface area contributed by atoms with Gasteiger partial charge in [0.2, 0.25) is 10.0 Å². The average Bonchev–Trinajstić information content (AvgIpc) is 2.91. The van der Waals surface area contributed by atoms with Crippen LogP contribution in [0.5, 0.6) is 0 Å². The molecule has 106 valence electrons. The molecule has 1 atom stereocenters. The monoisotopic (exact) mass is 275 g/mol. The Morgan fingerprint density at radius 1 is 1.28 bits per heavy atom. The molecule has 0 aliphatic carbocycles. The van der Waals surface area contributed by atoms with Crippen molar-refractivity contribution in [3.8, 4) is 0 Å². The average molecular weight is 275 g/mol. The van der Waals surface area contributed by atoms with E-state index in [4.69, 9.17) is 0 Å². The molecule has 5 nitrogen and oxygen atoms in total. The highest BCUT2D eigenvalue weighted by atomic mass is 32.2. The number of sulfonamides is 1. The van der Waals surface area contributed by atoms with E-state index in [0.717, 1.165) is 39.0 Å². The van der Waals surface area contributed by atoms with E-state index in [2.05, 4.69) is 21.9 Å². The standard InChI is InChI=1S/C12H25N3O2S/c1-11(15-8-2-3-9-15)10-14-18(16,17)12-4-6-13-7-5-12/h11-14H,2-10H2,1H3. The van der Waals surface area contributed by atoms with E-state index in [1.165, 1.54) is 12.8 Å². The van der Waals surface area contributed by atoms with Gasteiger partial charge in [-0.1, -0.05) is 0 Å². The zero-order valence-electron chi connectivity index (χ0n) is 11.2. The van der Waals surface area contributed by atoms with Crippen LogP contribution in [0, 0.1) is 0 Å². The van der Waals surface area contributed by atoms with Gasteiger partial charge in [-0.15, -0.1) is 0 Å². The molecule has 2 saturated heterocycles. The van der Waals surface area contributed by atoms with Crippen LogP contribution in [-0.2, 0) is 10.0 Å². The largest absolute Gasteiger partial charge is 0.317 e. The lowest BCUT2D eigenvalue weighted by atomic mass is 10.2. The summed E-state index contributed by atoms with van der Waals surface area (Å²) in [6, 6.07) is 0.309. The van der Waals surface area contributed by atoms with Crippen LogP contribution in [-0.4, -0.2) is 57.3 Å². The lowest BCUT2D eigenvalue weighted by molar-refractivity contribution is 0.259. The molecule has 0 radical (unpaired) electrons. The van der Waals surface area contributed by atoms with Crippen LogP contribution in [0.1, 0.15) is 32.6 Å². The zero-order chi connectivity index (χ0) is 13.0. The zero-order valence-corrected chi connectivity index (χ0v) is 12.0. The van der Waals surface area contributed by atoms with Crippen LogP contribution in [0.4, 0.5) is 0 Å². The topological polar surface area (TPSA) is 61.4 Å². The SMILES string of the molecule is CC(CNS(=O)(=O)C1CCNCC1)N1CCCC1. The Balaban J connectivity index is 1.80. The van der Waals surface area contributed by atoms with Crippen molar-refractivity contribution in [2.75, 3.05) is 32.7 Å². The van der Waals surface area contributed by atoms with Crippen molar-refractivity contribution in [3.05, 3.63) is 0 Å². The summed E-state index contributed by atoms with van der Waals surface area (Å²) in [6.45, 7) is 6.50. The first-order valence-corrected chi connectivity index (χ1v) is 8.57. The van der Waals surface area contributed by atoms with E-state index in [1.807, 2.05) is 0 Å². The molecule has 6 heteroatoms. The van der Waals surface area contributed by atoms with E-state index in [-0.39, 0.29) is 5.25 Å². The van der Waals surface area contributed by atoms with Gasteiger partial charge in [-0.3, -0.25) is 4.90 Å². The Labute approximate surface area is 110 Å². The Hall–Kier alpha value is -0.170. The molecule has 2 aliphatic rings. The van der Waals surface area contributed by atoms with Gasteiger partial charge in [-0.2, -0.15) is 0 Å². The van der Waals surface area contributed by atoms with Crippen molar-refractivity contribution in [1.29, 1.82) is 0 Å². The molecule has 0 amide bonds. The maximum Gasteiger partial charge on any atom is 0.214 e. The van der Waals surface area contributed by atoms with E-state index in [9.17, 15) is 8.42 Å². The summed E-state index contributed by atoms with van der Waals surface area (Å²) in [5, 5.41) is 2.99. The summed E-state index contributed by atoms with van der Waals surface area (Å²) in [4.78, 5) is 2.37. The van der Waals surface area contributed by atoms with Crippen LogP contribution >= 0.6 is 0 Å². The Morgan fingerprint density at radius 3 is 2.50 bits per heavy atom. The van der Waals surface area contributed by atoms with E-state index < -0.39 is 10.0 Å². The van der Waals surface area contributed by atoms with Gasteiger partial charge in [0.05, 0.1) is 5.25 Å². The summed E-state index contributed by atoms with van der Waals surface area (Å²) in [7, 11) is -3.12. The number of hydrogen-bond donors (Lipinski definition) is 2. The predicted molar refractivity (Wildman–Crippen MR) is 73.1 cm³/mol. The molecule has 0 bridgehead atoms. The fraction of sp³-hybridized carbons (Fsp3) is 1.00. The molecule has 0 saturated carbocycles. The van der Waals surface area contributed by atoms with Crippen molar-refractivity contribution < 1.29 is 8.42 Å². The second-order valence-electron chi connectivity index (χ2n) is 5.43. The number of hydrogen-bond acceptors (Lipinski definition) is 4. The first-order valence-electron chi connectivity index (χ1n) is 7.03. The Bertz CT molecular complexity index is 346. The third-order valence-corrected chi connectivity index (χ3v) is 5.99. The highest BCUT2D eigenvalue weighted by molar-refractivity contribution is 7.90. The third kappa shape index (κ3) is 3.66. The normalized spacial score (nSPS) is 25.4. The second-order valence-corrected chi connectivity index (χ2v) is 7.48. The number of nitrogens with zero attached hydrogens (tertiary/aromatic N) is 1. The van der Waals surface area contributed by atoms with Crippen molar-refractivity contribution in [1.82, 2.24) is 14.9 Å². The lowest BCUT2D eigenvalue weighted by Crippen LogP contribution is -2.46.